The summed E-state index contributed by atoms with van der Waals surface area (Å²) >= 11 is 0. The minimum Gasteiger partial charge on any atom is -0.493 e. The molecule has 1 aromatic rings. The van der Waals surface area contributed by atoms with Crippen LogP contribution < -0.4 is 15.2 Å². The topological polar surface area (TPSA) is 44.5 Å². The summed E-state index contributed by atoms with van der Waals surface area (Å²) in [4.78, 5) is 0. The molecule has 0 heterocycles. The molecule has 0 aromatic heterocycles. The Kier molecular flexibility index (Phi) is 13.6. The third-order valence-electron chi connectivity index (χ3n) is 5.54. The van der Waals surface area contributed by atoms with Crippen LogP contribution in [-0.2, 0) is 6.54 Å². The highest BCUT2D eigenvalue weighted by Gasteiger charge is 2.06. The van der Waals surface area contributed by atoms with Gasteiger partial charge in [-0.2, -0.15) is 0 Å². The van der Waals surface area contributed by atoms with Crippen LogP contribution in [0.4, 0.5) is 0 Å². The van der Waals surface area contributed by atoms with Gasteiger partial charge in [0, 0.05) is 19.0 Å². The second-order valence-electron chi connectivity index (χ2n) is 9.70. The minimum atomic E-state index is 0.493. The van der Waals surface area contributed by atoms with E-state index < -0.39 is 0 Å². The Labute approximate surface area is 186 Å². The van der Waals surface area contributed by atoms with Crippen molar-refractivity contribution in [3.63, 3.8) is 0 Å². The van der Waals surface area contributed by atoms with E-state index in [1.165, 1.54) is 31.3 Å². The van der Waals surface area contributed by atoms with Gasteiger partial charge in [-0.15, -0.1) is 0 Å². The lowest BCUT2D eigenvalue weighted by Gasteiger charge is -2.15. The van der Waals surface area contributed by atoms with Crippen LogP contribution in [0, 0.1) is 17.8 Å². The van der Waals surface area contributed by atoms with Crippen LogP contribution in [0.2, 0.25) is 0 Å². The van der Waals surface area contributed by atoms with Gasteiger partial charge in [-0.1, -0.05) is 65.5 Å². The van der Waals surface area contributed by atoms with Gasteiger partial charge in [0.2, 0.25) is 0 Å². The molecule has 3 heteroatoms. The molecule has 172 valence electrons. The average molecular weight is 418 g/mol. The quantitative estimate of drug-likeness (QED) is 0.283. The van der Waals surface area contributed by atoms with Gasteiger partial charge in [-0.3, -0.25) is 0 Å². The van der Waals surface area contributed by atoms with E-state index in [-0.39, 0.29) is 0 Å². The van der Waals surface area contributed by atoms with E-state index in [2.05, 4.69) is 47.6 Å². The predicted octanol–water partition coefficient (Wildman–Crippen LogP) is 7.53. The van der Waals surface area contributed by atoms with Gasteiger partial charge < -0.3 is 15.2 Å². The number of hydrogen-bond donors (Lipinski definition) is 1. The van der Waals surface area contributed by atoms with Gasteiger partial charge >= 0.3 is 0 Å². The van der Waals surface area contributed by atoms with E-state index in [1.54, 1.807) is 0 Å². The molecule has 0 aliphatic heterocycles. The minimum absolute atomic E-state index is 0.493. The van der Waals surface area contributed by atoms with Crippen molar-refractivity contribution >= 4 is 0 Å². The first-order valence-corrected chi connectivity index (χ1v) is 12.0. The fraction of sp³-hybridized carbons (Fsp3) is 0.704. The summed E-state index contributed by atoms with van der Waals surface area (Å²) < 4.78 is 12.1. The number of hydrogen-bond acceptors (Lipinski definition) is 3. The second-order valence-corrected chi connectivity index (χ2v) is 9.70. The molecule has 0 bridgehead atoms. The van der Waals surface area contributed by atoms with Crippen molar-refractivity contribution in [3.05, 3.63) is 35.4 Å². The molecular weight excluding hydrogens is 370 g/mol. The number of allylic oxidation sites excluding steroid dienone is 1. The van der Waals surface area contributed by atoms with Crippen molar-refractivity contribution in [3.8, 4) is 11.5 Å². The fourth-order valence-corrected chi connectivity index (χ4v) is 3.41. The highest BCUT2D eigenvalue weighted by atomic mass is 16.5. The molecule has 30 heavy (non-hydrogen) atoms. The SMILES string of the molecule is C/C(=C\CCC(C)C)CCOc1cc(CN)cc(OCCC(C)CCCC(C)C)c1. The molecule has 0 fully saturated rings. The lowest BCUT2D eigenvalue weighted by molar-refractivity contribution is 0.272. The van der Waals surface area contributed by atoms with E-state index in [4.69, 9.17) is 15.2 Å². The Bertz CT molecular complexity index is 607. The molecule has 0 saturated heterocycles. The maximum atomic E-state index is 6.04. The molecule has 1 aromatic carbocycles. The molecule has 0 saturated carbocycles. The molecular formula is C27H47NO2. The van der Waals surface area contributed by atoms with Crippen molar-refractivity contribution in [2.45, 2.75) is 93.0 Å². The normalized spacial score (nSPS) is 13.2. The zero-order valence-electron chi connectivity index (χ0n) is 20.5. The number of nitrogens with two attached hydrogens (primary N) is 1. The van der Waals surface area contributed by atoms with Crippen molar-refractivity contribution in [2.24, 2.45) is 23.5 Å². The highest BCUT2D eigenvalue weighted by molar-refractivity contribution is 5.38. The van der Waals surface area contributed by atoms with Gasteiger partial charge in [0.25, 0.3) is 0 Å². The van der Waals surface area contributed by atoms with Gasteiger partial charge in [-0.25, -0.2) is 0 Å². The third kappa shape index (κ3) is 13.0. The van der Waals surface area contributed by atoms with Crippen LogP contribution >= 0.6 is 0 Å². The molecule has 1 atom stereocenters. The van der Waals surface area contributed by atoms with Crippen LogP contribution in [0.5, 0.6) is 11.5 Å². The summed E-state index contributed by atoms with van der Waals surface area (Å²) in [5.41, 5.74) is 8.33. The van der Waals surface area contributed by atoms with Gasteiger partial charge in [0.1, 0.15) is 11.5 Å². The fourth-order valence-electron chi connectivity index (χ4n) is 3.41. The summed E-state index contributed by atoms with van der Waals surface area (Å²) in [5, 5.41) is 0. The van der Waals surface area contributed by atoms with Crippen LogP contribution in [0.1, 0.15) is 92.1 Å². The zero-order valence-corrected chi connectivity index (χ0v) is 20.5. The lowest BCUT2D eigenvalue weighted by atomic mass is 9.98. The number of ether oxygens (including phenoxy) is 2. The van der Waals surface area contributed by atoms with Crippen molar-refractivity contribution in [1.82, 2.24) is 0 Å². The molecule has 2 N–H and O–H groups in total. The van der Waals surface area contributed by atoms with E-state index in [1.807, 2.05) is 18.2 Å². The zero-order chi connectivity index (χ0) is 22.4. The Morgan fingerprint density at radius 2 is 1.50 bits per heavy atom. The van der Waals surface area contributed by atoms with Crippen molar-refractivity contribution in [2.75, 3.05) is 13.2 Å². The average Bonchev–Trinajstić information content (AvgIpc) is 2.67. The Morgan fingerprint density at radius 3 is 2.10 bits per heavy atom. The van der Waals surface area contributed by atoms with Crippen LogP contribution in [-0.4, -0.2) is 13.2 Å². The summed E-state index contributed by atoms with van der Waals surface area (Å²) in [7, 11) is 0. The van der Waals surface area contributed by atoms with Gasteiger partial charge in [0.15, 0.2) is 0 Å². The molecule has 0 spiro atoms. The molecule has 0 amide bonds. The second kappa shape index (κ2) is 15.3. The standard InChI is InChI=1S/C27H47NO2/c1-21(2)9-7-11-23(5)13-15-29-26-17-25(20-28)18-27(19-26)30-16-14-24(6)12-8-10-22(3)4/h11,17-19,21-22,24H,7-10,12-16,20,28H2,1-6H3/b23-11+. The van der Waals surface area contributed by atoms with Crippen LogP contribution in [0.25, 0.3) is 0 Å². The Morgan fingerprint density at radius 1 is 0.867 bits per heavy atom. The van der Waals surface area contributed by atoms with Crippen molar-refractivity contribution < 1.29 is 9.47 Å². The Balaban J connectivity index is 2.44. The van der Waals surface area contributed by atoms with Crippen LogP contribution in [0.3, 0.4) is 0 Å². The van der Waals surface area contributed by atoms with Gasteiger partial charge in [-0.05, 0) is 61.6 Å². The first kappa shape index (κ1) is 26.6. The predicted molar refractivity (Wildman–Crippen MR) is 130 cm³/mol. The summed E-state index contributed by atoms with van der Waals surface area (Å²) in [6.45, 7) is 15.6. The highest BCUT2D eigenvalue weighted by Crippen LogP contribution is 2.24. The molecule has 1 rings (SSSR count). The van der Waals surface area contributed by atoms with Crippen molar-refractivity contribution in [1.29, 1.82) is 0 Å². The Hall–Kier alpha value is -1.48. The summed E-state index contributed by atoms with van der Waals surface area (Å²) in [6.07, 6.45) is 10.7. The smallest absolute Gasteiger partial charge is 0.123 e. The third-order valence-corrected chi connectivity index (χ3v) is 5.54. The molecule has 0 aliphatic carbocycles. The lowest BCUT2D eigenvalue weighted by Crippen LogP contribution is -2.06. The van der Waals surface area contributed by atoms with Crippen LogP contribution in [0.15, 0.2) is 29.8 Å². The molecule has 1 unspecified atom stereocenters. The first-order valence-electron chi connectivity index (χ1n) is 12.0. The summed E-state index contributed by atoms with van der Waals surface area (Å²) in [5.74, 6) is 3.97. The molecule has 0 aliphatic rings. The van der Waals surface area contributed by atoms with E-state index in [0.29, 0.717) is 19.1 Å². The first-order chi connectivity index (χ1) is 14.3. The number of benzene rings is 1. The molecule has 3 nitrogen and oxygen atoms in total. The van der Waals surface area contributed by atoms with E-state index in [0.717, 1.165) is 54.8 Å². The largest absolute Gasteiger partial charge is 0.493 e. The number of rotatable bonds is 16. The van der Waals surface area contributed by atoms with E-state index in [9.17, 15) is 0 Å². The summed E-state index contributed by atoms with van der Waals surface area (Å²) in [6, 6.07) is 6.06. The maximum Gasteiger partial charge on any atom is 0.123 e. The molecule has 0 radical (unpaired) electrons. The van der Waals surface area contributed by atoms with Gasteiger partial charge in [0.05, 0.1) is 13.2 Å². The van der Waals surface area contributed by atoms with E-state index >= 15 is 0 Å². The maximum absolute atomic E-state index is 6.04. The monoisotopic (exact) mass is 417 g/mol.